The molecule has 23 heavy (non-hydrogen) atoms. The minimum Gasteiger partial charge on any atom is -0.444 e. The van der Waals surface area contributed by atoms with Crippen molar-refractivity contribution in [2.75, 3.05) is 12.3 Å². The van der Waals surface area contributed by atoms with Gasteiger partial charge in [-0.25, -0.2) is 9.18 Å². The second-order valence-electron chi connectivity index (χ2n) is 6.15. The minimum atomic E-state index is -0.530. The van der Waals surface area contributed by atoms with E-state index in [9.17, 15) is 9.18 Å². The Bertz CT molecular complexity index is 692. The van der Waals surface area contributed by atoms with Crippen LogP contribution < -0.4 is 11.1 Å². The van der Waals surface area contributed by atoms with Crippen LogP contribution in [0.1, 0.15) is 20.8 Å². The number of nitrogens with zero attached hydrogens (tertiary/aromatic N) is 2. The molecule has 2 aromatic rings. The lowest BCUT2D eigenvalue weighted by molar-refractivity contribution is 0.0525. The average Bonchev–Trinajstić information content (AvgIpc) is 2.88. The summed E-state index contributed by atoms with van der Waals surface area (Å²) in [7, 11) is 0. The molecule has 0 aliphatic carbocycles. The summed E-state index contributed by atoms with van der Waals surface area (Å²) >= 11 is 0. The minimum absolute atomic E-state index is 0.353. The van der Waals surface area contributed by atoms with E-state index in [1.165, 1.54) is 18.2 Å². The number of hydrogen-bond acceptors (Lipinski definition) is 4. The van der Waals surface area contributed by atoms with Crippen LogP contribution >= 0.6 is 0 Å². The molecule has 0 atom stereocenters. The number of hydrogen-bond donors (Lipinski definition) is 2. The Hall–Kier alpha value is -2.57. The molecule has 124 valence electrons. The van der Waals surface area contributed by atoms with Crippen molar-refractivity contribution < 1.29 is 13.9 Å². The van der Waals surface area contributed by atoms with E-state index in [1.807, 2.05) is 0 Å². The Labute approximate surface area is 134 Å². The summed E-state index contributed by atoms with van der Waals surface area (Å²) in [6.07, 6.45) is 2.89. The summed E-state index contributed by atoms with van der Waals surface area (Å²) in [5.74, 6) is -0.353. The van der Waals surface area contributed by atoms with Gasteiger partial charge in [-0.2, -0.15) is 5.10 Å². The van der Waals surface area contributed by atoms with Crippen molar-refractivity contribution in [3.8, 4) is 11.1 Å². The molecule has 1 aromatic heterocycles. The van der Waals surface area contributed by atoms with Crippen LogP contribution in [0.25, 0.3) is 11.1 Å². The number of nitrogens with two attached hydrogens (primary N) is 1. The smallest absolute Gasteiger partial charge is 0.407 e. The number of aromatic nitrogens is 2. The number of halogens is 1. The summed E-state index contributed by atoms with van der Waals surface area (Å²) in [5.41, 5.74) is 7.12. The highest BCUT2D eigenvalue weighted by Crippen LogP contribution is 2.26. The fourth-order valence-electron chi connectivity index (χ4n) is 1.99. The maximum Gasteiger partial charge on any atom is 0.407 e. The number of alkyl carbamates (subject to hydrolysis) is 1. The molecule has 2 rings (SSSR count). The first-order chi connectivity index (χ1) is 10.7. The molecule has 0 fully saturated rings. The zero-order valence-corrected chi connectivity index (χ0v) is 13.5. The number of anilines is 1. The highest BCUT2D eigenvalue weighted by atomic mass is 19.1. The zero-order chi connectivity index (χ0) is 17.0. The van der Waals surface area contributed by atoms with Crippen LogP contribution in [0.15, 0.2) is 30.6 Å². The van der Waals surface area contributed by atoms with Gasteiger partial charge in [-0.05, 0) is 39.0 Å². The van der Waals surface area contributed by atoms with Gasteiger partial charge in [0, 0.05) is 29.6 Å². The first-order valence-electron chi connectivity index (χ1n) is 7.29. The summed E-state index contributed by atoms with van der Waals surface area (Å²) in [4.78, 5) is 11.5. The van der Waals surface area contributed by atoms with Crippen molar-refractivity contribution in [2.45, 2.75) is 32.9 Å². The van der Waals surface area contributed by atoms with Crippen molar-refractivity contribution in [2.24, 2.45) is 0 Å². The number of nitrogens with one attached hydrogen (secondary N) is 1. The third-order valence-corrected chi connectivity index (χ3v) is 2.97. The summed E-state index contributed by atoms with van der Waals surface area (Å²) in [5, 5.41) is 6.83. The molecule has 0 saturated carbocycles. The van der Waals surface area contributed by atoms with Gasteiger partial charge >= 0.3 is 6.09 Å². The molecule has 6 nitrogen and oxygen atoms in total. The lowest BCUT2D eigenvalue weighted by atomic mass is 10.1. The Morgan fingerprint density at radius 2 is 2.17 bits per heavy atom. The Balaban J connectivity index is 1.93. The van der Waals surface area contributed by atoms with Crippen LogP contribution in [0.4, 0.5) is 14.9 Å². The molecular weight excluding hydrogens is 299 g/mol. The highest BCUT2D eigenvalue weighted by molar-refractivity contribution is 5.75. The van der Waals surface area contributed by atoms with Crippen LogP contribution in [0, 0.1) is 5.82 Å². The normalized spacial score (nSPS) is 11.3. The van der Waals surface area contributed by atoms with Crippen LogP contribution in [0.5, 0.6) is 0 Å². The van der Waals surface area contributed by atoms with Crippen LogP contribution in [-0.2, 0) is 11.3 Å². The molecule has 0 spiro atoms. The molecule has 0 bridgehead atoms. The number of benzene rings is 1. The third kappa shape index (κ3) is 4.98. The Morgan fingerprint density at radius 3 is 2.87 bits per heavy atom. The zero-order valence-electron chi connectivity index (χ0n) is 13.5. The van der Waals surface area contributed by atoms with Crippen molar-refractivity contribution in [1.29, 1.82) is 0 Å². The first-order valence-corrected chi connectivity index (χ1v) is 7.29. The maximum absolute atomic E-state index is 13.3. The molecule has 7 heteroatoms. The lowest BCUT2D eigenvalue weighted by Crippen LogP contribution is -2.34. The van der Waals surface area contributed by atoms with E-state index in [4.69, 9.17) is 10.5 Å². The number of rotatable bonds is 4. The van der Waals surface area contributed by atoms with Crippen LogP contribution in [0.2, 0.25) is 0 Å². The molecule has 0 unspecified atom stereocenters. The fraction of sp³-hybridized carbons (Fsp3) is 0.375. The number of amides is 1. The van der Waals surface area contributed by atoms with E-state index in [-0.39, 0.29) is 5.82 Å². The Kier molecular flexibility index (Phi) is 4.88. The average molecular weight is 320 g/mol. The second kappa shape index (κ2) is 6.68. The molecular formula is C16H21FN4O2. The number of ether oxygens (including phenoxy) is 1. The monoisotopic (exact) mass is 320 g/mol. The maximum atomic E-state index is 13.3. The standard InChI is InChI=1S/C16H21FN4O2/c1-16(2,3)23-15(22)19-6-7-21-10-11(9-20-21)13-8-12(17)4-5-14(13)18/h4-5,8-10H,6-7,18H2,1-3H3,(H,19,22). The molecule has 1 heterocycles. The van der Waals surface area contributed by atoms with E-state index >= 15 is 0 Å². The van der Waals surface area contributed by atoms with Crippen molar-refractivity contribution in [1.82, 2.24) is 15.1 Å². The molecule has 0 aliphatic rings. The van der Waals surface area contributed by atoms with Crippen LogP contribution in [-0.4, -0.2) is 28.0 Å². The summed E-state index contributed by atoms with van der Waals surface area (Å²) < 4.78 is 20.1. The van der Waals surface area contributed by atoms with Gasteiger partial charge in [0.05, 0.1) is 12.7 Å². The van der Waals surface area contributed by atoms with E-state index in [2.05, 4.69) is 10.4 Å². The second-order valence-corrected chi connectivity index (χ2v) is 6.15. The topological polar surface area (TPSA) is 82.2 Å². The largest absolute Gasteiger partial charge is 0.444 e. The van der Waals surface area contributed by atoms with Gasteiger partial charge in [-0.15, -0.1) is 0 Å². The van der Waals surface area contributed by atoms with E-state index in [0.717, 1.165) is 5.56 Å². The van der Waals surface area contributed by atoms with E-state index < -0.39 is 11.7 Å². The number of carbonyl (C=O) groups is 1. The summed E-state index contributed by atoms with van der Waals surface area (Å²) in [6.45, 7) is 6.24. The van der Waals surface area contributed by atoms with Crippen LogP contribution in [0.3, 0.4) is 0 Å². The van der Waals surface area contributed by atoms with Gasteiger partial charge in [-0.3, -0.25) is 4.68 Å². The van der Waals surface area contributed by atoms with Gasteiger partial charge in [0.2, 0.25) is 0 Å². The predicted molar refractivity (Wildman–Crippen MR) is 86.3 cm³/mol. The molecule has 1 amide bonds. The van der Waals surface area contributed by atoms with E-state index in [0.29, 0.717) is 24.3 Å². The van der Waals surface area contributed by atoms with Crippen molar-refractivity contribution in [3.05, 3.63) is 36.4 Å². The molecule has 0 aliphatic heterocycles. The number of nitrogen functional groups attached to an aromatic ring is 1. The van der Waals surface area contributed by atoms with Gasteiger partial charge in [0.25, 0.3) is 0 Å². The quantitative estimate of drug-likeness (QED) is 0.849. The number of carbonyl (C=O) groups excluding carboxylic acids is 1. The SMILES string of the molecule is CC(C)(C)OC(=O)NCCn1cc(-c2cc(F)ccc2N)cn1. The first kappa shape index (κ1) is 16.8. The van der Waals surface area contributed by atoms with Crippen molar-refractivity contribution in [3.63, 3.8) is 0 Å². The van der Waals surface area contributed by atoms with Gasteiger partial charge < -0.3 is 15.8 Å². The molecule has 1 aromatic carbocycles. The third-order valence-electron chi connectivity index (χ3n) is 2.97. The van der Waals surface area contributed by atoms with Gasteiger partial charge in [-0.1, -0.05) is 0 Å². The van der Waals surface area contributed by atoms with Gasteiger partial charge in [0.1, 0.15) is 11.4 Å². The molecule has 0 saturated heterocycles. The summed E-state index contributed by atoms with van der Waals surface area (Å²) in [6, 6.07) is 4.20. The fourth-order valence-corrected chi connectivity index (χ4v) is 1.99. The highest BCUT2D eigenvalue weighted by Gasteiger charge is 2.15. The van der Waals surface area contributed by atoms with Gasteiger partial charge in [0.15, 0.2) is 0 Å². The molecule has 0 radical (unpaired) electrons. The lowest BCUT2D eigenvalue weighted by Gasteiger charge is -2.19. The Morgan fingerprint density at radius 1 is 1.43 bits per heavy atom. The predicted octanol–water partition coefficient (Wildman–Crippen LogP) is 2.80. The van der Waals surface area contributed by atoms with E-state index in [1.54, 1.807) is 37.8 Å². The van der Waals surface area contributed by atoms with Crippen molar-refractivity contribution >= 4 is 11.8 Å². The molecule has 3 N–H and O–H groups in total.